The highest BCUT2D eigenvalue weighted by molar-refractivity contribution is 5.91. The van der Waals surface area contributed by atoms with Crippen molar-refractivity contribution in [1.29, 1.82) is 0 Å². The van der Waals surface area contributed by atoms with E-state index >= 15 is 0 Å². The molecule has 1 aliphatic heterocycles. The van der Waals surface area contributed by atoms with Gasteiger partial charge in [0.2, 0.25) is 5.91 Å². The first-order valence-electron chi connectivity index (χ1n) is 8.73. The number of hydrogen-bond acceptors (Lipinski definition) is 6. The number of nitrogens with one attached hydrogen (secondary N) is 1. The Labute approximate surface area is 150 Å². The summed E-state index contributed by atoms with van der Waals surface area (Å²) in [6, 6.07) is 7.06. The van der Waals surface area contributed by atoms with E-state index in [1.807, 2.05) is 6.07 Å². The van der Waals surface area contributed by atoms with Gasteiger partial charge in [-0.15, -0.1) is 0 Å². The van der Waals surface area contributed by atoms with Gasteiger partial charge >= 0.3 is 0 Å². The smallest absolute Gasteiger partial charge is 0.239 e. The predicted molar refractivity (Wildman–Crippen MR) is 95.8 cm³/mol. The highest BCUT2D eigenvalue weighted by Gasteiger charge is 2.16. The maximum atomic E-state index is 12.4. The first-order valence-corrected chi connectivity index (χ1v) is 8.73. The van der Waals surface area contributed by atoms with Gasteiger partial charge in [-0.3, -0.25) is 9.69 Å². The monoisotopic (exact) mass is 352 g/mol. The molecule has 0 radical (unpaired) electrons. The number of likely N-dealkylation sites (tertiary alicyclic amines) is 1. The number of aromatic nitrogens is 4. The number of anilines is 1. The summed E-state index contributed by atoms with van der Waals surface area (Å²) in [6.45, 7) is 2.30. The van der Waals surface area contributed by atoms with Crippen LogP contribution in [0.2, 0.25) is 0 Å². The van der Waals surface area contributed by atoms with Crippen LogP contribution in [0, 0.1) is 0 Å². The fourth-order valence-corrected chi connectivity index (χ4v) is 3.04. The number of furan rings is 1. The van der Waals surface area contributed by atoms with Crippen LogP contribution in [0.15, 0.2) is 47.3 Å². The standard InChI is InChI=1S/C18H20N6O2/c25-17(13-23-8-2-1-3-9-23)20-15-12-16(24-10-5-7-19-24)22-18(21-15)14-6-4-11-26-14/h4-7,10-12H,1-3,8-9,13H2,(H,20,21,22,25). The molecule has 3 aromatic heterocycles. The van der Waals surface area contributed by atoms with Crippen LogP contribution in [0.1, 0.15) is 19.3 Å². The molecule has 1 amide bonds. The molecule has 0 unspecified atom stereocenters. The van der Waals surface area contributed by atoms with E-state index in [-0.39, 0.29) is 5.91 Å². The van der Waals surface area contributed by atoms with Gasteiger partial charge in [0.1, 0.15) is 5.82 Å². The van der Waals surface area contributed by atoms with Gasteiger partial charge in [0.25, 0.3) is 0 Å². The quantitative estimate of drug-likeness (QED) is 0.758. The molecule has 8 heteroatoms. The molecule has 1 fully saturated rings. The van der Waals surface area contributed by atoms with Crippen molar-refractivity contribution in [1.82, 2.24) is 24.6 Å². The summed E-state index contributed by atoms with van der Waals surface area (Å²) in [5, 5.41) is 7.08. The Bertz CT molecular complexity index is 801. The topological polar surface area (TPSA) is 89.1 Å². The van der Waals surface area contributed by atoms with Crippen LogP contribution in [0.3, 0.4) is 0 Å². The molecule has 134 valence electrons. The van der Waals surface area contributed by atoms with Crippen LogP contribution < -0.4 is 5.32 Å². The van der Waals surface area contributed by atoms with Crippen LogP contribution in [-0.4, -0.2) is 50.2 Å². The van der Waals surface area contributed by atoms with Crippen LogP contribution in [-0.2, 0) is 4.79 Å². The second-order valence-corrected chi connectivity index (χ2v) is 6.25. The summed E-state index contributed by atoms with van der Waals surface area (Å²) >= 11 is 0. The molecule has 1 aliphatic rings. The lowest BCUT2D eigenvalue weighted by atomic mass is 10.1. The van der Waals surface area contributed by atoms with Crippen molar-refractivity contribution in [3.8, 4) is 17.4 Å². The Morgan fingerprint density at radius 3 is 2.81 bits per heavy atom. The molecule has 0 aliphatic carbocycles. The number of carbonyl (C=O) groups is 1. The fourth-order valence-electron chi connectivity index (χ4n) is 3.04. The summed E-state index contributed by atoms with van der Waals surface area (Å²) in [7, 11) is 0. The van der Waals surface area contributed by atoms with Crippen LogP contribution in [0.25, 0.3) is 17.4 Å². The van der Waals surface area contributed by atoms with E-state index in [4.69, 9.17) is 4.42 Å². The molecule has 0 saturated carbocycles. The predicted octanol–water partition coefficient (Wildman–Crippen LogP) is 2.35. The normalized spacial score (nSPS) is 15.1. The molecule has 1 saturated heterocycles. The molecule has 4 heterocycles. The maximum absolute atomic E-state index is 12.4. The first kappa shape index (κ1) is 16.5. The molecule has 26 heavy (non-hydrogen) atoms. The van der Waals surface area contributed by atoms with Crippen molar-refractivity contribution in [2.24, 2.45) is 0 Å². The lowest BCUT2D eigenvalue weighted by Gasteiger charge is -2.25. The van der Waals surface area contributed by atoms with Gasteiger partial charge in [-0.05, 0) is 44.1 Å². The van der Waals surface area contributed by atoms with Gasteiger partial charge in [0.05, 0.1) is 12.8 Å². The minimum absolute atomic E-state index is 0.0811. The van der Waals surface area contributed by atoms with Gasteiger partial charge in [-0.2, -0.15) is 5.10 Å². The van der Waals surface area contributed by atoms with E-state index < -0.39 is 0 Å². The second-order valence-electron chi connectivity index (χ2n) is 6.25. The molecular weight excluding hydrogens is 332 g/mol. The molecule has 1 N–H and O–H groups in total. The van der Waals surface area contributed by atoms with Gasteiger partial charge in [-0.25, -0.2) is 14.6 Å². The zero-order chi connectivity index (χ0) is 17.8. The van der Waals surface area contributed by atoms with Crippen molar-refractivity contribution < 1.29 is 9.21 Å². The summed E-state index contributed by atoms with van der Waals surface area (Å²) in [5.41, 5.74) is 0. The molecule has 0 spiro atoms. The molecule has 4 rings (SSSR count). The minimum Gasteiger partial charge on any atom is -0.461 e. The number of piperidine rings is 1. The zero-order valence-electron chi connectivity index (χ0n) is 14.3. The Morgan fingerprint density at radius 1 is 1.19 bits per heavy atom. The highest BCUT2D eigenvalue weighted by Crippen LogP contribution is 2.20. The molecule has 8 nitrogen and oxygen atoms in total. The summed E-state index contributed by atoms with van der Waals surface area (Å²) in [6.07, 6.45) is 8.55. The first-order chi connectivity index (χ1) is 12.8. The van der Waals surface area contributed by atoms with Crippen molar-refractivity contribution >= 4 is 11.7 Å². The van der Waals surface area contributed by atoms with Crippen molar-refractivity contribution in [3.05, 3.63) is 42.9 Å². The van der Waals surface area contributed by atoms with Gasteiger partial charge in [-0.1, -0.05) is 6.42 Å². The summed E-state index contributed by atoms with van der Waals surface area (Å²) in [5.74, 6) is 1.84. The van der Waals surface area contributed by atoms with Gasteiger partial charge in [0, 0.05) is 18.5 Å². The van der Waals surface area contributed by atoms with E-state index in [1.54, 1.807) is 41.5 Å². The molecule has 0 bridgehead atoms. The number of nitrogens with zero attached hydrogens (tertiary/aromatic N) is 5. The van der Waals surface area contributed by atoms with E-state index in [2.05, 4.69) is 25.3 Å². The minimum atomic E-state index is -0.0811. The number of hydrogen-bond donors (Lipinski definition) is 1. The second kappa shape index (κ2) is 7.49. The number of carbonyl (C=O) groups excluding carboxylic acids is 1. The Hall–Kier alpha value is -3.00. The molecule has 0 aromatic carbocycles. The molecular formula is C18H20N6O2. The summed E-state index contributed by atoms with van der Waals surface area (Å²) in [4.78, 5) is 23.5. The van der Waals surface area contributed by atoms with Crippen molar-refractivity contribution in [2.45, 2.75) is 19.3 Å². The largest absolute Gasteiger partial charge is 0.461 e. The van der Waals surface area contributed by atoms with Crippen LogP contribution >= 0.6 is 0 Å². The molecule has 0 atom stereocenters. The highest BCUT2D eigenvalue weighted by atomic mass is 16.3. The van der Waals surface area contributed by atoms with Crippen molar-refractivity contribution in [2.75, 3.05) is 25.0 Å². The maximum Gasteiger partial charge on any atom is 0.239 e. The van der Waals surface area contributed by atoms with Gasteiger partial charge < -0.3 is 9.73 Å². The van der Waals surface area contributed by atoms with Gasteiger partial charge in [0.15, 0.2) is 17.4 Å². The van der Waals surface area contributed by atoms with E-state index in [0.717, 1.165) is 25.9 Å². The fraction of sp³-hybridized carbons (Fsp3) is 0.333. The van der Waals surface area contributed by atoms with E-state index in [0.29, 0.717) is 29.8 Å². The number of rotatable bonds is 5. The van der Waals surface area contributed by atoms with Crippen molar-refractivity contribution in [3.63, 3.8) is 0 Å². The van der Waals surface area contributed by atoms with E-state index in [1.165, 1.54) is 6.42 Å². The Balaban J connectivity index is 1.57. The van der Waals surface area contributed by atoms with Crippen LogP contribution in [0.5, 0.6) is 0 Å². The molecule has 3 aromatic rings. The third-order valence-electron chi connectivity index (χ3n) is 4.28. The Kier molecular flexibility index (Phi) is 4.74. The lowest BCUT2D eigenvalue weighted by Crippen LogP contribution is -2.37. The third-order valence-corrected chi connectivity index (χ3v) is 4.28. The van der Waals surface area contributed by atoms with Crippen LogP contribution in [0.4, 0.5) is 5.82 Å². The SMILES string of the molecule is O=C(CN1CCCCC1)Nc1cc(-n2cccn2)nc(-c2ccco2)n1. The third kappa shape index (κ3) is 3.80. The average molecular weight is 352 g/mol. The zero-order valence-corrected chi connectivity index (χ0v) is 14.3. The average Bonchev–Trinajstić information content (AvgIpc) is 3.36. The number of amides is 1. The van der Waals surface area contributed by atoms with E-state index in [9.17, 15) is 4.79 Å². The summed E-state index contributed by atoms with van der Waals surface area (Å²) < 4.78 is 7.02. The lowest BCUT2D eigenvalue weighted by molar-refractivity contribution is -0.117. The Morgan fingerprint density at radius 2 is 2.08 bits per heavy atom.